The van der Waals surface area contributed by atoms with Crippen molar-refractivity contribution >= 4 is 10.9 Å². The highest BCUT2D eigenvalue weighted by molar-refractivity contribution is 5.87. The molecule has 1 saturated carbocycles. The summed E-state index contributed by atoms with van der Waals surface area (Å²) in [7, 11) is 1.69. The van der Waals surface area contributed by atoms with E-state index in [4.69, 9.17) is 4.74 Å². The molecule has 186 valence electrons. The maximum atomic E-state index is 14.7. The van der Waals surface area contributed by atoms with Crippen LogP contribution in [0.3, 0.4) is 0 Å². The fourth-order valence-corrected chi connectivity index (χ4v) is 6.74. The highest BCUT2D eigenvalue weighted by atomic mass is 19.1. The smallest absolute Gasteiger partial charge is 0.127 e. The molecule has 2 fully saturated rings. The first kappa shape index (κ1) is 23.0. The summed E-state index contributed by atoms with van der Waals surface area (Å²) in [5.74, 6) is 1.52. The molecule has 0 amide bonds. The zero-order valence-electron chi connectivity index (χ0n) is 20.6. The van der Waals surface area contributed by atoms with Crippen molar-refractivity contribution in [2.24, 2.45) is 5.92 Å². The highest BCUT2D eigenvalue weighted by Gasteiger charge is 2.47. The molecule has 1 aromatic heterocycles. The first-order valence-electron chi connectivity index (χ1n) is 13.1. The van der Waals surface area contributed by atoms with Gasteiger partial charge in [0, 0.05) is 53.3 Å². The van der Waals surface area contributed by atoms with E-state index in [-0.39, 0.29) is 23.9 Å². The minimum Gasteiger partial charge on any atom is -0.497 e. The van der Waals surface area contributed by atoms with Gasteiger partial charge in [0.25, 0.3) is 0 Å². The van der Waals surface area contributed by atoms with Crippen LogP contribution in [0.5, 0.6) is 5.75 Å². The SMILES string of the molecule is COc1ccc2c3c([nH]c2c1)C(CO)N(Cc1ccccc1F)CC31CCN(CC2CCC2)CC1. The molecule has 1 atom stereocenters. The molecule has 1 unspecified atom stereocenters. The molecule has 1 aliphatic carbocycles. The van der Waals surface area contributed by atoms with E-state index >= 15 is 0 Å². The van der Waals surface area contributed by atoms with Crippen molar-refractivity contribution in [2.75, 3.05) is 39.9 Å². The Balaban J connectivity index is 1.39. The Hall–Kier alpha value is -2.41. The summed E-state index contributed by atoms with van der Waals surface area (Å²) in [6.45, 7) is 4.73. The fourth-order valence-electron chi connectivity index (χ4n) is 6.74. The van der Waals surface area contributed by atoms with Crippen molar-refractivity contribution in [3.8, 4) is 5.75 Å². The van der Waals surface area contributed by atoms with Crippen molar-refractivity contribution in [3.63, 3.8) is 0 Å². The lowest BCUT2D eigenvalue weighted by atomic mass is 9.68. The van der Waals surface area contributed by atoms with Gasteiger partial charge in [-0.3, -0.25) is 4.90 Å². The lowest BCUT2D eigenvalue weighted by Crippen LogP contribution is -2.54. The van der Waals surface area contributed by atoms with E-state index in [2.05, 4.69) is 26.9 Å². The Morgan fingerprint density at radius 3 is 2.63 bits per heavy atom. The fraction of sp³-hybridized carbons (Fsp3) is 0.517. The second-order valence-corrected chi connectivity index (χ2v) is 10.9. The molecule has 1 spiro atoms. The van der Waals surface area contributed by atoms with Crippen LogP contribution < -0.4 is 4.74 Å². The second-order valence-electron chi connectivity index (χ2n) is 10.9. The van der Waals surface area contributed by atoms with E-state index in [1.807, 2.05) is 18.2 Å². The zero-order chi connectivity index (χ0) is 24.0. The molecule has 1 saturated heterocycles. The molecule has 5 nitrogen and oxygen atoms in total. The maximum Gasteiger partial charge on any atom is 0.127 e. The van der Waals surface area contributed by atoms with Crippen LogP contribution in [0.15, 0.2) is 42.5 Å². The molecule has 3 heterocycles. The number of H-pyrrole nitrogens is 1. The Morgan fingerprint density at radius 2 is 1.94 bits per heavy atom. The number of rotatable bonds is 6. The third-order valence-electron chi connectivity index (χ3n) is 8.90. The monoisotopic (exact) mass is 477 g/mol. The molecule has 2 N–H and O–H groups in total. The van der Waals surface area contributed by atoms with Crippen LogP contribution in [-0.4, -0.2) is 59.8 Å². The molecular formula is C29H36FN3O2. The lowest BCUT2D eigenvalue weighted by molar-refractivity contribution is 0.0369. The zero-order valence-corrected chi connectivity index (χ0v) is 20.6. The summed E-state index contributed by atoms with van der Waals surface area (Å²) < 4.78 is 20.1. The summed E-state index contributed by atoms with van der Waals surface area (Å²) in [6, 6.07) is 13.1. The van der Waals surface area contributed by atoms with E-state index in [9.17, 15) is 9.50 Å². The minimum atomic E-state index is -0.193. The number of methoxy groups -OCH3 is 1. The number of ether oxygens (including phenoxy) is 1. The quantitative estimate of drug-likeness (QED) is 0.525. The van der Waals surface area contributed by atoms with Gasteiger partial charge in [-0.15, -0.1) is 0 Å². The van der Waals surface area contributed by atoms with Crippen molar-refractivity contribution in [1.82, 2.24) is 14.8 Å². The third-order valence-corrected chi connectivity index (χ3v) is 8.90. The first-order valence-corrected chi connectivity index (χ1v) is 13.1. The Labute approximate surface area is 206 Å². The number of nitrogens with one attached hydrogen (secondary N) is 1. The van der Waals surface area contributed by atoms with Gasteiger partial charge in [-0.1, -0.05) is 24.6 Å². The number of hydrogen-bond acceptors (Lipinski definition) is 4. The summed E-state index contributed by atoms with van der Waals surface area (Å²) >= 11 is 0. The van der Waals surface area contributed by atoms with E-state index < -0.39 is 0 Å². The van der Waals surface area contributed by atoms with Gasteiger partial charge in [-0.25, -0.2) is 4.39 Å². The molecule has 6 heteroatoms. The van der Waals surface area contributed by atoms with Crippen LogP contribution >= 0.6 is 0 Å². The number of aliphatic hydroxyl groups is 1. The van der Waals surface area contributed by atoms with Crippen LogP contribution in [0, 0.1) is 11.7 Å². The van der Waals surface area contributed by atoms with Gasteiger partial charge in [0.05, 0.1) is 19.8 Å². The molecule has 3 aromatic rings. The van der Waals surface area contributed by atoms with Crippen molar-refractivity contribution in [1.29, 1.82) is 0 Å². The summed E-state index contributed by atoms with van der Waals surface area (Å²) in [5, 5.41) is 11.8. The number of piperidine rings is 1. The summed E-state index contributed by atoms with van der Waals surface area (Å²) in [4.78, 5) is 8.63. The number of hydrogen-bond donors (Lipinski definition) is 2. The average molecular weight is 478 g/mol. The van der Waals surface area contributed by atoms with Crippen molar-refractivity contribution < 1.29 is 14.2 Å². The second kappa shape index (κ2) is 9.23. The molecule has 35 heavy (non-hydrogen) atoms. The molecule has 0 bridgehead atoms. The predicted molar refractivity (Wildman–Crippen MR) is 136 cm³/mol. The molecular weight excluding hydrogens is 441 g/mol. The van der Waals surface area contributed by atoms with E-state index in [0.717, 1.165) is 55.4 Å². The summed E-state index contributed by atoms with van der Waals surface area (Å²) in [6.07, 6.45) is 6.31. The van der Waals surface area contributed by atoms with Crippen molar-refractivity contribution in [2.45, 2.75) is 50.1 Å². The molecule has 2 aromatic carbocycles. The number of aliphatic hydroxyl groups excluding tert-OH is 1. The van der Waals surface area contributed by atoms with Gasteiger partial charge in [0.15, 0.2) is 0 Å². The number of benzene rings is 2. The van der Waals surface area contributed by atoms with E-state index in [0.29, 0.717) is 12.1 Å². The molecule has 6 rings (SSSR count). The van der Waals surface area contributed by atoms with Crippen LogP contribution in [0.4, 0.5) is 4.39 Å². The Bertz CT molecular complexity index is 1200. The average Bonchev–Trinajstić information content (AvgIpc) is 3.23. The van der Waals surface area contributed by atoms with E-state index in [1.54, 1.807) is 13.2 Å². The highest BCUT2D eigenvalue weighted by Crippen LogP contribution is 2.49. The van der Waals surface area contributed by atoms with E-state index in [1.165, 1.54) is 42.8 Å². The topological polar surface area (TPSA) is 51.7 Å². The minimum absolute atomic E-state index is 0.00467. The number of likely N-dealkylation sites (tertiary alicyclic amines) is 1. The number of aromatic nitrogens is 1. The normalized spacial score (nSPS) is 22.9. The first-order chi connectivity index (χ1) is 17.1. The molecule has 2 aliphatic heterocycles. The van der Waals surface area contributed by atoms with Gasteiger partial charge in [0.2, 0.25) is 0 Å². The standard InChI is InChI=1S/C29H36FN3O2/c1-35-22-9-10-23-25(15-22)31-28-26(18-34)33(17-21-7-2-3-8-24(21)30)19-29(27(23)28)11-13-32(14-12-29)16-20-5-4-6-20/h2-3,7-10,15,20,26,31,34H,4-6,11-14,16-19H2,1H3. The molecule has 0 radical (unpaired) electrons. The number of halogens is 1. The van der Waals surface area contributed by atoms with Gasteiger partial charge < -0.3 is 19.7 Å². The largest absolute Gasteiger partial charge is 0.497 e. The van der Waals surface area contributed by atoms with Crippen LogP contribution in [0.2, 0.25) is 0 Å². The number of nitrogens with zero attached hydrogens (tertiary/aromatic N) is 2. The molecule has 3 aliphatic rings. The number of aromatic amines is 1. The Kier molecular flexibility index (Phi) is 6.07. The van der Waals surface area contributed by atoms with Gasteiger partial charge in [-0.2, -0.15) is 0 Å². The van der Waals surface area contributed by atoms with Gasteiger partial charge in [0.1, 0.15) is 11.6 Å². The Morgan fingerprint density at radius 1 is 1.14 bits per heavy atom. The maximum absolute atomic E-state index is 14.7. The van der Waals surface area contributed by atoms with Gasteiger partial charge in [-0.05, 0) is 68.5 Å². The van der Waals surface area contributed by atoms with Crippen LogP contribution in [0.25, 0.3) is 10.9 Å². The lowest BCUT2D eigenvalue weighted by Gasteiger charge is -2.51. The van der Waals surface area contributed by atoms with Crippen LogP contribution in [0.1, 0.15) is 55.0 Å². The summed E-state index contributed by atoms with van der Waals surface area (Å²) in [5.41, 5.74) is 4.17. The van der Waals surface area contributed by atoms with Crippen LogP contribution in [-0.2, 0) is 12.0 Å². The number of fused-ring (bicyclic) bond motifs is 4. The van der Waals surface area contributed by atoms with Crippen molar-refractivity contribution in [3.05, 3.63) is 65.1 Å². The third kappa shape index (κ3) is 4.05. The van der Waals surface area contributed by atoms with Gasteiger partial charge >= 0.3 is 0 Å². The predicted octanol–water partition coefficient (Wildman–Crippen LogP) is 5.00.